The molecule has 70 valence electrons. The summed E-state index contributed by atoms with van der Waals surface area (Å²) in [5.74, 6) is 0. The molecule has 1 aromatic heterocycles. The van der Waals surface area contributed by atoms with Crippen LogP contribution in [0, 0.1) is 0 Å². The number of aromatic nitrogens is 2. The van der Waals surface area contributed by atoms with Gasteiger partial charge in [0.15, 0.2) is 0 Å². The second-order valence-corrected chi connectivity index (χ2v) is 3.82. The van der Waals surface area contributed by atoms with Crippen LogP contribution in [-0.2, 0) is 4.74 Å². The van der Waals surface area contributed by atoms with E-state index in [9.17, 15) is 0 Å². The molecular formula is C9H13N3O. The molecule has 2 aliphatic heterocycles. The molecule has 4 heteroatoms. The molecule has 2 unspecified atom stereocenters. The van der Waals surface area contributed by atoms with E-state index in [1.54, 1.807) is 0 Å². The first-order valence-corrected chi connectivity index (χ1v) is 4.81. The van der Waals surface area contributed by atoms with Gasteiger partial charge in [0.25, 0.3) is 0 Å². The van der Waals surface area contributed by atoms with E-state index < -0.39 is 0 Å². The third-order valence-corrected chi connectivity index (χ3v) is 2.89. The maximum Gasteiger partial charge on any atom is 0.0755 e. The number of hydrogen-bond donors (Lipinski definition) is 1. The lowest BCUT2D eigenvalue weighted by Gasteiger charge is -2.32. The van der Waals surface area contributed by atoms with E-state index in [0.29, 0.717) is 12.2 Å². The van der Waals surface area contributed by atoms with Gasteiger partial charge in [-0.15, -0.1) is 0 Å². The lowest BCUT2D eigenvalue weighted by atomic mass is 10.2. The van der Waals surface area contributed by atoms with Gasteiger partial charge in [-0.1, -0.05) is 0 Å². The maximum atomic E-state index is 5.75. The summed E-state index contributed by atoms with van der Waals surface area (Å²) in [5.41, 5.74) is 1.19. The summed E-state index contributed by atoms with van der Waals surface area (Å²) in [4.78, 5) is 2.36. The Labute approximate surface area is 76.9 Å². The van der Waals surface area contributed by atoms with Crippen LogP contribution in [0.3, 0.4) is 0 Å². The van der Waals surface area contributed by atoms with Gasteiger partial charge in [0, 0.05) is 19.3 Å². The zero-order chi connectivity index (χ0) is 8.67. The molecule has 2 fully saturated rings. The van der Waals surface area contributed by atoms with Crippen LogP contribution in [0.15, 0.2) is 12.4 Å². The molecule has 0 aromatic carbocycles. The summed E-state index contributed by atoms with van der Waals surface area (Å²) < 4.78 is 5.75. The topological polar surface area (TPSA) is 41.2 Å². The van der Waals surface area contributed by atoms with Gasteiger partial charge in [0.05, 0.1) is 24.1 Å². The van der Waals surface area contributed by atoms with Gasteiger partial charge in [0.1, 0.15) is 0 Å². The Balaban J connectivity index is 1.80. The van der Waals surface area contributed by atoms with Gasteiger partial charge in [-0.05, 0) is 12.8 Å². The van der Waals surface area contributed by atoms with Crippen LogP contribution in [-0.4, -0.2) is 35.5 Å². The molecule has 4 nitrogen and oxygen atoms in total. The molecule has 1 aromatic rings. The highest BCUT2D eigenvalue weighted by molar-refractivity contribution is 5.42. The minimum atomic E-state index is 0.452. The quantitative estimate of drug-likeness (QED) is 0.692. The maximum absolute atomic E-state index is 5.75. The molecule has 3 rings (SSSR count). The van der Waals surface area contributed by atoms with Crippen LogP contribution < -0.4 is 4.90 Å². The number of fused-ring (bicyclic) bond motifs is 2. The average molecular weight is 179 g/mol. The van der Waals surface area contributed by atoms with E-state index in [2.05, 4.69) is 15.1 Å². The molecule has 0 amide bonds. The molecule has 1 N–H and O–H groups in total. The third kappa shape index (κ3) is 1.21. The van der Waals surface area contributed by atoms with Crippen LogP contribution in [0.1, 0.15) is 12.8 Å². The van der Waals surface area contributed by atoms with E-state index in [-0.39, 0.29) is 0 Å². The molecule has 2 aliphatic rings. The van der Waals surface area contributed by atoms with Gasteiger partial charge in [-0.25, -0.2) is 0 Å². The first kappa shape index (κ1) is 7.38. The standard InChI is InChI=1S/C9H13N3O/c1-2-9-6-12(5-8(1)13-9)7-3-10-11-4-7/h3-4,8-9H,1-2,5-6H2,(H,10,11). The molecule has 2 saturated heterocycles. The van der Waals surface area contributed by atoms with Gasteiger partial charge in [0.2, 0.25) is 0 Å². The van der Waals surface area contributed by atoms with Crippen molar-refractivity contribution < 1.29 is 4.74 Å². The normalized spacial score (nSPS) is 32.5. The SMILES string of the molecule is c1n[nH]cc1N1CC2CCC(C1)O2. The lowest BCUT2D eigenvalue weighted by Crippen LogP contribution is -2.42. The van der Waals surface area contributed by atoms with Crippen molar-refractivity contribution in [2.75, 3.05) is 18.0 Å². The predicted octanol–water partition coefficient (Wildman–Crippen LogP) is 0.777. The van der Waals surface area contributed by atoms with Gasteiger partial charge in [-0.2, -0.15) is 5.10 Å². The minimum absolute atomic E-state index is 0.452. The number of rotatable bonds is 1. The summed E-state index contributed by atoms with van der Waals surface area (Å²) in [6.07, 6.45) is 7.18. The molecule has 0 spiro atoms. The Morgan fingerprint density at radius 3 is 2.77 bits per heavy atom. The van der Waals surface area contributed by atoms with Crippen LogP contribution in [0.5, 0.6) is 0 Å². The highest BCUT2D eigenvalue weighted by Gasteiger charge is 2.33. The largest absolute Gasteiger partial charge is 0.371 e. The summed E-state index contributed by atoms with van der Waals surface area (Å²) in [7, 11) is 0. The summed E-state index contributed by atoms with van der Waals surface area (Å²) in [6.45, 7) is 2.05. The van der Waals surface area contributed by atoms with Crippen molar-refractivity contribution in [2.24, 2.45) is 0 Å². The summed E-state index contributed by atoms with van der Waals surface area (Å²) >= 11 is 0. The van der Waals surface area contributed by atoms with E-state index >= 15 is 0 Å². The molecule has 13 heavy (non-hydrogen) atoms. The van der Waals surface area contributed by atoms with Gasteiger partial charge >= 0.3 is 0 Å². The first-order chi connectivity index (χ1) is 6.42. The van der Waals surface area contributed by atoms with Crippen molar-refractivity contribution in [3.05, 3.63) is 12.4 Å². The monoisotopic (exact) mass is 179 g/mol. The fraction of sp³-hybridized carbons (Fsp3) is 0.667. The van der Waals surface area contributed by atoms with Crippen LogP contribution in [0.2, 0.25) is 0 Å². The molecule has 0 radical (unpaired) electrons. The Bertz CT molecular complexity index is 273. The Morgan fingerprint density at radius 1 is 1.38 bits per heavy atom. The number of H-pyrrole nitrogens is 1. The number of aromatic amines is 1. The molecule has 0 aliphatic carbocycles. The van der Waals surface area contributed by atoms with Crippen LogP contribution in [0.25, 0.3) is 0 Å². The van der Waals surface area contributed by atoms with E-state index in [1.165, 1.54) is 18.5 Å². The van der Waals surface area contributed by atoms with Crippen molar-refractivity contribution in [2.45, 2.75) is 25.0 Å². The second kappa shape index (κ2) is 2.73. The third-order valence-electron chi connectivity index (χ3n) is 2.89. The van der Waals surface area contributed by atoms with Crippen molar-refractivity contribution in [3.63, 3.8) is 0 Å². The number of hydrogen-bond acceptors (Lipinski definition) is 3. The molecular weight excluding hydrogens is 166 g/mol. The van der Waals surface area contributed by atoms with E-state index in [1.807, 2.05) is 12.4 Å². The van der Waals surface area contributed by atoms with E-state index in [4.69, 9.17) is 4.74 Å². The smallest absolute Gasteiger partial charge is 0.0755 e. The second-order valence-electron chi connectivity index (χ2n) is 3.82. The lowest BCUT2D eigenvalue weighted by molar-refractivity contribution is 0.0305. The molecule has 2 bridgehead atoms. The highest BCUT2D eigenvalue weighted by atomic mass is 16.5. The average Bonchev–Trinajstić information content (AvgIpc) is 2.75. The molecule has 0 saturated carbocycles. The highest BCUT2D eigenvalue weighted by Crippen LogP contribution is 2.28. The number of nitrogens with one attached hydrogen (secondary N) is 1. The summed E-state index contributed by atoms with van der Waals surface area (Å²) in [5, 5.41) is 6.80. The minimum Gasteiger partial charge on any atom is -0.371 e. The zero-order valence-electron chi connectivity index (χ0n) is 7.44. The number of morpholine rings is 1. The van der Waals surface area contributed by atoms with Gasteiger partial charge < -0.3 is 9.64 Å². The van der Waals surface area contributed by atoms with Crippen molar-refractivity contribution in [1.29, 1.82) is 0 Å². The first-order valence-electron chi connectivity index (χ1n) is 4.81. The van der Waals surface area contributed by atoms with Crippen molar-refractivity contribution in [1.82, 2.24) is 10.2 Å². The summed E-state index contributed by atoms with van der Waals surface area (Å²) in [6, 6.07) is 0. The molecule has 2 atom stereocenters. The van der Waals surface area contributed by atoms with Crippen LogP contribution >= 0.6 is 0 Å². The Morgan fingerprint density at radius 2 is 2.15 bits per heavy atom. The Kier molecular flexibility index (Phi) is 1.55. The van der Waals surface area contributed by atoms with Crippen molar-refractivity contribution >= 4 is 5.69 Å². The van der Waals surface area contributed by atoms with E-state index in [0.717, 1.165) is 13.1 Å². The number of ether oxygens (including phenoxy) is 1. The fourth-order valence-corrected chi connectivity index (χ4v) is 2.24. The predicted molar refractivity (Wildman–Crippen MR) is 48.7 cm³/mol. The molecule has 3 heterocycles. The number of nitrogens with zero attached hydrogens (tertiary/aromatic N) is 2. The fourth-order valence-electron chi connectivity index (χ4n) is 2.24. The van der Waals surface area contributed by atoms with Crippen molar-refractivity contribution in [3.8, 4) is 0 Å². The number of anilines is 1. The van der Waals surface area contributed by atoms with Crippen LogP contribution in [0.4, 0.5) is 5.69 Å². The zero-order valence-corrected chi connectivity index (χ0v) is 7.44. The van der Waals surface area contributed by atoms with Gasteiger partial charge in [-0.3, -0.25) is 5.10 Å². The Hall–Kier alpha value is -1.03.